The lowest BCUT2D eigenvalue weighted by Crippen LogP contribution is -2.44. The molecule has 6 aliphatic carbocycles. The number of aliphatic carboxylic acids is 5. The van der Waals surface area contributed by atoms with Crippen LogP contribution in [0.4, 0.5) is 0 Å². The third kappa shape index (κ3) is 44.3. The van der Waals surface area contributed by atoms with Crippen molar-refractivity contribution in [2.45, 2.75) is 316 Å². The number of Topliss-reactive ketones (excluding diaryl/α,β-unsaturated/α-hetero) is 2. The van der Waals surface area contributed by atoms with Crippen molar-refractivity contribution < 1.29 is 108 Å². The quantitative estimate of drug-likeness (QED) is 0.0113. The molecular weight excluding hydrogens is 1380 g/mol. The van der Waals surface area contributed by atoms with Gasteiger partial charge in [0.25, 0.3) is 0 Å². The van der Waals surface area contributed by atoms with Crippen LogP contribution in [0.25, 0.3) is 0 Å². The number of rotatable bonds is 23. The number of hydrogen-bond donors (Lipinski definition) is 11. The average molecular weight is 1500 g/mol. The lowest BCUT2D eigenvalue weighted by molar-refractivity contribution is -0.465. The number of ketones is 2. The van der Waals surface area contributed by atoms with Crippen molar-refractivity contribution in [1.82, 2.24) is 5.32 Å². The SMILES string of the molecule is C=C1CCC(=O)CC1.C=C1CCC(CCC(=O)OC(C)(C)C)(CC(=O)O)CC1.C=C1CCC(CN)(CC(=O)O)CC1.CC(C)(C)OC(=O)CCC1(CC(=O)O)CCC(=O)CC1.CC(C)(C)OC(=O)CCC1(CC(=O)O)CCC(N)CC1.NCC1(CC(=O)O)CCC(NC(=O)CBr)CC1.OOO. The second-order valence-electron chi connectivity index (χ2n) is 31.7. The summed E-state index contributed by atoms with van der Waals surface area (Å²) in [6.07, 6.45) is 21.6. The molecule has 0 aromatic rings. The van der Waals surface area contributed by atoms with Gasteiger partial charge in [0, 0.05) is 57.0 Å². The third-order valence-electron chi connectivity index (χ3n) is 19.4. The highest BCUT2D eigenvalue weighted by molar-refractivity contribution is 9.09. The molecule has 101 heavy (non-hydrogen) atoms. The van der Waals surface area contributed by atoms with Gasteiger partial charge in [-0.2, -0.15) is 0 Å². The molecule has 0 atom stereocenters. The Morgan fingerprint density at radius 1 is 0.436 bits per heavy atom. The van der Waals surface area contributed by atoms with Crippen molar-refractivity contribution >= 4 is 81.2 Å². The van der Waals surface area contributed by atoms with Gasteiger partial charge in [0.05, 0.1) is 37.4 Å². The van der Waals surface area contributed by atoms with Crippen LogP contribution in [0.15, 0.2) is 36.5 Å². The fourth-order valence-electron chi connectivity index (χ4n) is 13.4. The van der Waals surface area contributed by atoms with Gasteiger partial charge in [-0.15, -0.1) is 0 Å². The minimum absolute atomic E-state index is 0.0169. The van der Waals surface area contributed by atoms with Crippen molar-refractivity contribution in [2.75, 3.05) is 18.4 Å². The van der Waals surface area contributed by atoms with Crippen LogP contribution in [0.2, 0.25) is 0 Å². The molecule has 6 fully saturated rings. The normalized spacial score (nSPS) is 22.2. The Kier molecular flexibility index (Phi) is 43.3. The molecule has 14 N–H and O–H groups in total. The largest absolute Gasteiger partial charge is 0.481 e. The van der Waals surface area contributed by atoms with E-state index in [0.29, 0.717) is 69.1 Å². The minimum Gasteiger partial charge on any atom is -0.481 e. The monoisotopic (exact) mass is 1500 g/mol. The first kappa shape index (κ1) is 95.0. The molecule has 27 heteroatoms. The van der Waals surface area contributed by atoms with Crippen LogP contribution in [0.1, 0.15) is 287 Å². The van der Waals surface area contributed by atoms with Crippen molar-refractivity contribution in [3.63, 3.8) is 0 Å². The van der Waals surface area contributed by atoms with Crippen molar-refractivity contribution in [2.24, 2.45) is 44.3 Å². The van der Waals surface area contributed by atoms with Gasteiger partial charge in [0.15, 0.2) is 0 Å². The van der Waals surface area contributed by atoms with Crippen LogP contribution in [0, 0.1) is 27.1 Å². The summed E-state index contributed by atoms with van der Waals surface area (Å²) in [5.41, 5.74) is 17.9. The van der Waals surface area contributed by atoms with Crippen molar-refractivity contribution in [3.05, 3.63) is 36.5 Å². The molecular formula is C74H125BrN4O22. The number of nitrogens with one attached hydrogen (secondary N) is 1. The summed E-state index contributed by atoms with van der Waals surface area (Å²) in [6.45, 7) is 29.0. The molecule has 0 aromatic heterocycles. The zero-order chi connectivity index (χ0) is 77.6. The summed E-state index contributed by atoms with van der Waals surface area (Å²) in [5.74, 6) is -4.23. The molecule has 6 aliphatic rings. The smallest absolute Gasteiger partial charge is 0.306 e. The fourth-order valence-corrected chi connectivity index (χ4v) is 13.6. The number of alkyl halides is 1. The Bertz CT molecular complexity index is 2580. The number of carboxylic acid groups (broad SMARTS) is 5. The number of halogens is 1. The third-order valence-corrected chi connectivity index (χ3v) is 19.9. The molecule has 6 rings (SSSR count). The topological polar surface area (TPSA) is 456 Å². The molecule has 580 valence electrons. The Morgan fingerprint density at radius 2 is 0.683 bits per heavy atom. The highest BCUT2D eigenvalue weighted by Crippen LogP contribution is 2.47. The second-order valence-corrected chi connectivity index (χ2v) is 32.3. The molecule has 0 spiro atoms. The van der Waals surface area contributed by atoms with E-state index in [1.54, 1.807) is 20.8 Å². The van der Waals surface area contributed by atoms with Crippen molar-refractivity contribution in [3.8, 4) is 0 Å². The Labute approximate surface area is 606 Å². The molecule has 0 heterocycles. The lowest BCUT2D eigenvalue weighted by atomic mass is 9.68. The van der Waals surface area contributed by atoms with E-state index < -0.39 is 52.1 Å². The van der Waals surface area contributed by atoms with Crippen LogP contribution in [0.5, 0.6) is 0 Å². The minimum atomic E-state index is -0.872. The van der Waals surface area contributed by atoms with E-state index in [2.05, 4.69) is 46.0 Å². The van der Waals surface area contributed by atoms with Crippen LogP contribution >= 0.6 is 15.9 Å². The first-order valence-electron chi connectivity index (χ1n) is 35.4. The van der Waals surface area contributed by atoms with Gasteiger partial charge < -0.3 is 62.3 Å². The maximum atomic E-state index is 11.8. The Balaban J connectivity index is 0.00000120. The first-order chi connectivity index (χ1) is 46.6. The summed E-state index contributed by atoms with van der Waals surface area (Å²) in [4.78, 5) is 123. The number of ether oxygens (including phenoxy) is 3. The van der Waals surface area contributed by atoms with Gasteiger partial charge in [-0.25, -0.2) is 10.5 Å². The summed E-state index contributed by atoms with van der Waals surface area (Å²) in [6, 6.07) is 0.326. The molecule has 6 saturated carbocycles. The van der Waals surface area contributed by atoms with E-state index in [0.717, 1.165) is 128 Å². The lowest BCUT2D eigenvalue weighted by Gasteiger charge is -2.38. The summed E-state index contributed by atoms with van der Waals surface area (Å²) < 4.78 is 15.8. The maximum absolute atomic E-state index is 11.8. The van der Waals surface area contributed by atoms with Gasteiger partial charge in [-0.3, -0.25) is 52.7 Å². The number of esters is 3. The van der Waals surface area contributed by atoms with Gasteiger partial charge in [0.2, 0.25) is 5.91 Å². The molecule has 0 bridgehead atoms. The first-order valence-corrected chi connectivity index (χ1v) is 36.5. The molecule has 1 amide bonds. The number of carbonyl (C=O) groups is 11. The summed E-state index contributed by atoms with van der Waals surface area (Å²) in [5, 5.41) is 63.6. The predicted molar refractivity (Wildman–Crippen MR) is 385 cm³/mol. The van der Waals surface area contributed by atoms with E-state index in [-0.39, 0.29) is 115 Å². The van der Waals surface area contributed by atoms with Crippen LogP contribution in [0.3, 0.4) is 0 Å². The van der Waals surface area contributed by atoms with E-state index in [1.165, 1.54) is 16.7 Å². The maximum Gasteiger partial charge on any atom is 0.306 e. The summed E-state index contributed by atoms with van der Waals surface area (Å²) >= 11 is 3.10. The van der Waals surface area contributed by atoms with Crippen molar-refractivity contribution in [1.29, 1.82) is 0 Å². The zero-order valence-corrected chi connectivity index (χ0v) is 63.6. The Morgan fingerprint density at radius 3 is 0.960 bits per heavy atom. The van der Waals surface area contributed by atoms with Crippen LogP contribution in [-0.4, -0.2) is 149 Å². The van der Waals surface area contributed by atoms with Gasteiger partial charge in [-0.05, 0) is 250 Å². The zero-order valence-electron chi connectivity index (χ0n) is 62.0. The second kappa shape index (κ2) is 46.0. The number of allylic oxidation sites excluding steroid dienone is 3. The highest BCUT2D eigenvalue weighted by atomic mass is 79.9. The van der Waals surface area contributed by atoms with E-state index in [9.17, 15) is 52.7 Å². The van der Waals surface area contributed by atoms with Crippen LogP contribution in [-0.2, 0) is 72.0 Å². The predicted octanol–water partition coefficient (Wildman–Crippen LogP) is 12.9. The molecule has 0 aromatic carbocycles. The summed E-state index contributed by atoms with van der Waals surface area (Å²) in [7, 11) is 0. The number of amides is 1. The number of carboxylic acids is 5. The number of nitrogens with two attached hydrogens (primary N) is 3. The van der Waals surface area contributed by atoms with E-state index in [4.69, 9.17) is 67.5 Å². The van der Waals surface area contributed by atoms with Gasteiger partial charge in [0.1, 0.15) is 28.4 Å². The van der Waals surface area contributed by atoms with Gasteiger partial charge >= 0.3 is 47.8 Å². The van der Waals surface area contributed by atoms with E-state index >= 15 is 0 Å². The molecule has 26 nitrogen and oxygen atoms in total. The molecule has 0 aliphatic heterocycles. The highest BCUT2D eigenvalue weighted by Gasteiger charge is 2.41. The van der Waals surface area contributed by atoms with Crippen LogP contribution < -0.4 is 22.5 Å². The number of hydrogen-bond acceptors (Lipinski definition) is 20. The average Bonchev–Trinajstić information content (AvgIpc) is 0.874. The van der Waals surface area contributed by atoms with E-state index in [1.807, 2.05) is 41.5 Å². The molecule has 0 unspecified atom stereocenters. The molecule has 0 radical (unpaired) electrons. The van der Waals surface area contributed by atoms with Gasteiger partial charge in [-0.1, -0.05) is 57.4 Å². The fraction of sp³-hybridized carbons (Fsp3) is 0.770. The number of carbonyl (C=O) groups excluding carboxylic acids is 6. The standard InChI is InChI=1S/C16H26O4.C15H27NO4.C15H24O5.C11H19BrN2O3.C10H17NO2.C7H10O.H2O3/c1-12-5-8-16(9-6-12,11-13(17)18)10-7-14(19)20-15(2,3)4;2*1-14(2,3)20-13(19)6-9-15(10-12(17)18)7-4-11(16)5-8-15;12-6-9(15)14-8-1-3-11(7-13,4-2-8)5-10(16)17;1-8-2-4-10(7-11,5-3-8)6-9(12)13;1-6-2-4-7(8)5-3-6;1-3-2/h1,5-11H2,2-4H3,(H,17,18);11H,4-10,16H2,1-3H3,(H,17,18);4-10H2,1-3H3,(H,17,18);8H,1-7,13H2,(H,14,15)(H,16,17);1-7,11H2,(H,12,13);1-5H2;1-2H. The molecule has 0 saturated heterocycles. The Hall–Kier alpha value is -5.97.